The number of benzene rings is 1. The molecule has 0 spiro atoms. The molecule has 1 aromatic carbocycles. The van der Waals surface area contributed by atoms with Crippen LogP contribution in [0.1, 0.15) is 19.8 Å². The van der Waals surface area contributed by atoms with Crippen LogP contribution in [-0.4, -0.2) is 69.3 Å². The molecule has 10 nitrogen and oxygen atoms in total. The number of nitrogens with zero attached hydrogens (tertiary/aromatic N) is 5. The van der Waals surface area contributed by atoms with E-state index in [2.05, 4.69) is 20.6 Å². The first-order chi connectivity index (χ1) is 15.6. The highest BCUT2D eigenvalue weighted by molar-refractivity contribution is 5.90. The normalized spacial score (nSPS) is 20.0. The van der Waals surface area contributed by atoms with Crippen molar-refractivity contribution in [1.29, 1.82) is 0 Å². The van der Waals surface area contributed by atoms with Crippen molar-refractivity contribution in [2.24, 2.45) is 0 Å². The number of rotatable bonds is 6. The zero-order chi connectivity index (χ0) is 22.1. The van der Waals surface area contributed by atoms with Crippen LogP contribution < -0.4 is 15.5 Å². The van der Waals surface area contributed by atoms with Gasteiger partial charge >= 0.3 is 6.03 Å². The van der Waals surface area contributed by atoms with Crippen molar-refractivity contribution >= 4 is 28.6 Å². The van der Waals surface area contributed by atoms with Crippen LogP contribution in [0.3, 0.4) is 0 Å². The maximum atomic E-state index is 11.8. The molecule has 168 valence electrons. The van der Waals surface area contributed by atoms with Gasteiger partial charge in [0, 0.05) is 30.9 Å². The van der Waals surface area contributed by atoms with Gasteiger partial charge in [-0.05, 0) is 44.0 Å². The van der Waals surface area contributed by atoms with Gasteiger partial charge in [0.1, 0.15) is 5.82 Å². The maximum absolute atomic E-state index is 11.8. The molecule has 2 unspecified atom stereocenters. The lowest BCUT2D eigenvalue weighted by Gasteiger charge is -2.33. The van der Waals surface area contributed by atoms with Crippen molar-refractivity contribution in [3.8, 4) is 11.4 Å². The van der Waals surface area contributed by atoms with Gasteiger partial charge in [0.25, 0.3) is 0 Å². The fraction of sp³-hybridized carbons (Fsp3) is 0.455. The number of ether oxygens (including phenoxy) is 1. The molecule has 5 rings (SSSR count). The Bertz CT molecular complexity index is 1100. The summed E-state index contributed by atoms with van der Waals surface area (Å²) in [5.41, 5.74) is 2.22. The largest absolute Gasteiger partial charge is 0.394 e. The van der Waals surface area contributed by atoms with Gasteiger partial charge < -0.3 is 25.4 Å². The molecule has 0 aliphatic carbocycles. The third-order valence-electron chi connectivity index (χ3n) is 5.87. The number of morpholine rings is 1. The quantitative estimate of drug-likeness (QED) is 0.540. The highest BCUT2D eigenvalue weighted by atomic mass is 16.5. The van der Waals surface area contributed by atoms with E-state index in [4.69, 9.17) is 14.7 Å². The Hall–Kier alpha value is -3.24. The average Bonchev–Trinajstić information content (AvgIpc) is 3.36. The number of carbonyl (C=O) groups is 1. The molecule has 0 radical (unpaired) electrons. The van der Waals surface area contributed by atoms with Crippen LogP contribution in [-0.2, 0) is 11.3 Å². The molecule has 2 saturated heterocycles. The number of carbonyl (C=O) groups excluding carboxylic acids is 1. The number of anilines is 2. The molecule has 4 heterocycles. The fourth-order valence-electron chi connectivity index (χ4n) is 4.40. The lowest BCUT2D eigenvalue weighted by atomic mass is 10.2. The average molecular weight is 438 g/mol. The highest BCUT2D eigenvalue weighted by Gasteiger charge is 2.35. The summed E-state index contributed by atoms with van der Waals surface area (Å²) in [5, 5.41) is 20.3. The minimum absolute atomic E-state index is 0.0205. The Morgan fingerprint density at radius 1 is 1.19 bits per heavy atom. The van der Waals surface area contributed by atoms with Crippen LogP contribution in [0.15, 0.2) is 30.5 Å². The van der Waals surface area contributed by atoms with Crippen molar-refractivity contribution in [3.63, 3.8) is 0 Å². The van der Waals surface area contributed by atoms with E-state index in [1.54, 1.807) is 10.9 Å². The number of aliphatic hydroxyl groups excluding tert-OH is 1. The van der Waals surface area contributed by atoms with Crippen LogP contribution >= 0.6 is 0 Å². The van der Waals surface area contributed by atoms with E-state index in [0.717, 1.165) is 42.7 Å². The molecule has 10 heteroatoms. The van der Waals surface area contributed by atoms with E-state index >= 15 is 0 Å². The maximum Gasteiger partial charge on any atom is 0.319 e. The number of hydrogen-bond acceptors (Lipinski definition) is 7. The van der Waals surface area contributed by atoms with Gasteiger partial charge in [0.15, 0.2) is 11.5 Å². The molecule has 32 heavy (non-hydrogen) atoms. The fourth-order valence-corrected chi connectivity index (χ4v) is 4.40. The second-order valence-electron chi connectivity index (χ2n) is 8.12. The van der Waals surface area contributed by atoms with E-state index in [1.807, 2.05) is 31.2 Å². The molecule has 3 N–H and O–H groups in total. The van der Waals surface area contributed by atoms with Crippen molar-refractivity contribution in [3.05, 3.63) is 30.5 Å². The first kappa shape index (κ1) is 20.7. The number of amides is 2. The zero-order valence-electron chi connectivity index (χ0n) is 18.0. The Morgan fingerprint density at radius 2 is 1.94 bits per heavy atom. The lowest BCUT2D eigenvalue weighted by molar-refractivity contribution is 0.0303. The van der Waals surface area contributed by atoms with Gasteiger partial charge in [-0.1, -0.05) is 0 Å². The Morgan fingerprint density at radius 3 is 2.62 bits per heavy atom. The minimum Gasteiger partial charge on any atom is -0.394 e. The van der Waals surface area contributed by atoms with Crippen molar-refractivity contribution in [2.45, 2.75) is 38.5 Å². The zero-order valence-corrected chi connectivity index (χ0v) is 18.0. The number of hydrogen-bond donors (Lipinski definition) is 3. The molecule has 2 aliphatic rings. The highest BCUT2D eigenvalue weighted by Crippen LogP contribution is 2.33. The monoisotopic (exact) mass is 437 g/mol. The first-order valence-corrected chi connectivity index (χ1v) is 11.0. The number of aromatic nitrogens is 4. The van der Waals surface area contributed by atoms with E-state index < -0.39 is 0 Å². The predicted molar refractivity (Wildman–Crippen MR) is 121 cm³/mol. The predicted octanol–water partition coefficient (Wildman–Crippen LogP) is 1.99. The van der Waals surface area contributed by atoms with E-state index in [1.165, 1.54) is 0 Å². The van der Waals surface area contributed by atoms with Gasteiger partial charge in [-0.2, -0.15) is 5.10 Å². The summed E-state index contributed by atoms with van der Waals surface area (Å²) >= 11 is 0. The second-order valence-corrected chi connectivity index (χ2v) is 8.12. The molecule has 2 aliphatic heterocycles. The number of aliphatic hydroxyl groups is 1. The summed E-state index contributed by atoms with van der Waals surface area (Å²) in [6, 6.07) is 7.20. The summed E-state index contributed by atoms with van der Waals surface area (Å²) in [6.45, 7) is 4.36. The molecular formula is C22H27N7O3. The third kappa shape index (κ3) is 3.98. The molecule has 3 aromatic rings. The van der Waals surface area contributed by atoms with E-state index in [9.17, 15) is 9.90 Å². The van der Waals surface area contributed by atoms with Gasteiger partial charge in [0.2, 0.25) is 0 Å². The lowest BCUT2D eigenvalue weighted by Crippen LogP contribution is -2.43. The van der Waals surface area contributed by atoms with Crippen LogP contribution in [0.4, 0.5) is 16.3 Å². The van der Waals surface area contributed by atoms with Crippen molar-refractivity contribution in [1.82, 2.24) is 25.1 Å². The molecule has 0 saturated carbocycles. The van der Waals surface area contributed by atoms with Gasteiger partial charge in [-0.15, -0.1) is 0 Å². The van der Waals surface area contributed by atoms with Gasteiger partial charge in [-0.25, -0.2) is 19.4 Å². The van der Waals surface area contributed by atoms with E-state index in [0.29, 0.717) is 30.2 Å². The van der Waals surface area contributed by atoms with Crippen molar-refractivity contribution < 1.29 is 14.6 Å². The summed E-state index contributed by atoms with van der Waals surface area (Å²) in [6.07, 6.45) is 4.39. The van der Waals surface area contributed by atoms with Gasteiger partial charge in [0.05, 0.1) is 36.9 Å². The summed E-state index contributed by atoms with van der Waals surface area (Å²) in [7, 11) is 0. The van der Waals surface area contributed by atoms with Crippen LogP contribution in [0, 0.1) is 0 Å². The SMILES string of the molecule is CCNC(=O)Nc1ccc(-c2nc(N3CC4CCC(C3)O4)c3cnn(CCO)c3n2)cc1. The van der Waals surface area contributed by atoms with Crippen LogP contribution in [0.25, 0.3) is 22.4 Å². The van der Waals surface area contributed by atoms with Crippen molar-refractivity contribution in [2.75, 3.05) is 36.5 Å². The number of urea groups is 1. The smallest absolute Gasteiger partial charge is 0.319 e. The Labute approximate surface area is 185 Å². The summed E-state index contributed by atoms with van der Waals surface area (Å²) < 4.78 is 7.72. The topological polar surface area (TPSA) is 117 Å². The van der Waals surface area contributed by atoms with E-state index in [-0.39, 0.29) is 24.8 Å². The second kappa shape index (κ2) is 8.71. The number of nitrogens with one attached hydrogen (secondary N) is 2. The number of fused-ring (bicyclic) bond motifs is 3. The molecule has 2 atom stereocenters. The Balaban J connectivity index is 1.51. The standard InChI is InChI=1S/C22H27N7O3/c1-2-23-22(31)25-15-5-3-14(4-6-15)19-26-20(28-12-16-7-8-17(13-28)32-16)18-11-24-29(9-10-30)21(18)27-19/h3-6,11,16-17,30H,2,7-10,12-13H2,1H3,(H2,23,25,31). The Kier molecular flexibility index (Phi) is 5.62. The molecule has 2 amide bonds. The minimum atomic E-state index is -0.241. The molecule has 2 aromatic heterocycles. The van der Waals surface area contributed by atoms with Crippen LogP contribution in [0.5, 0.6) is 0 Å². The molecule has 2 bridgehead atoms. The third-order valence-corrected chi connectivity index (χ3v) is 5.87. The van der Waals surface area contributed by atoms with Crippen LogP contribution in [0.2, 0.25) is 0 Å². The summed E-state index contributed by atoms with van der Waals surface area (Å²) in [5.74, 6) is 1.43. The van der Waals surface area contributed by atoms with Gasteiger partial charge in [-0.3, -0.25) is 0 Å². The molecule has 2 fully saturated rings. The molecular weight excluding hydrogens is 410 g/mol. The first-order valence-electron chi connectivity index (χ1n) is 11.0. The summed E-state index contributed by atoms with van der Waals surface area (Å²) in [4.78, 5) is 23.7.